The van der Waals surface area contributed by atoms with Crippen LogP contribution in [0.4, 0.5) is 0 Å². The van der Waals surface area contributed by atoms with Crippen LogP contribution in [0.15, 0.2) is 54.9 Å². The minimum absolute atomic E-state index is 0.0646. The number of thiophene rings is 1. The molecule has 0 bridgehead atoms. The molecular weight excluding hydrogens is 554 g/mol. The first kappa shape index (κ1) is 31.1. The predicted octanol–water partition coefficient (Wildman–Crippen LogP) is 8.33. The summed E-state index contributed by atoms with van der Waals surface area (Å²) in [5.74, 6) is 1.90. The number of hydrogen-bond donors (Lipinski definition) is 2. The molecule has 1 unspecified atom stereocenters. The third-order valence-corrected chi connectivity index (χ3v) is 10.9. The van der Waals surface area contributed by atoms with Crippen molar-refractivity contribution in [1.29, 1.82) is 0 Å². The van der Waals surface area contributed by atoms with E-state index in [2.05, 4.69) is 49.1 Å². The van der Waals surface area contributed by atoms with Gasteiger partial charge in [-0.15, -0.1) is 11.3 Å². The molecule has 1 aromatic carbocycles. The number of allylic oxidation sites excluding steroid dienone is 2. The molecule has 0 spiro atoms. The molecule has 43 heavy (non-hydrogen) atoms. The average Bonchev–Trinajstić information content (AvgIpc) is 3.53. The fourth-order valence-corrected chi connectivity index (χ4v) is 7.54. The number of carbonyl (C=O) groups is 2. The van der Waals surface area contributed by atoms with E-state index in [9.17, 15) is 14.7 Å². The van der Waals surface area contributed by atoms with Gasteiger partial charge in [0, 0.05) is 34.8 Å². The first-order chi connectivity index (χ1) is 20.6. The Balaban J connectivity index is 1.16. The Morgan fingerprint density at radius 2 is 1.65 bits per heavy atom. The molecule has 228 valence electrons. The Labute approximate surface area is 260 Å². The van der Waals surface area contributed by atoms with Crippen molar-refractivity contribution in [3.8, 4) is 11.4 Å². The van der Waals surface area contributed by atoms with Gasteiger partial charge < -0.3 is 10.4 Å². The summed E-state index contributed by atoms with van der Waals surface area (Å²) < 4.78 is 0. The van der Waals surface area contributed by atoms with Crippen molar-refractivity contribution >= 4 is 28.8 Å². The maximum atomic E-state index is 12.8. The molecule has 2 aliphatic carbocycles. The second-order valence-electron chi connectivity index (χ2n) is 13.4. The smallest absolute Gasteiger partial charge is 0.326 e. The third kappa shape index (κ3) is 7.80. The fraction of sp³-hybridized carbons (Fsp3) is 0.500. The van der Waals surface area contributed by atoms with Crippen LogP contribution in [-0.4, -0.2) is 33.0 Å². The van der Waals surface area contributed by atoms with Gasteiger partial charge in [-0.05, 0) is 78.5 Å². The molecule has 2 heterocycles. The van der Waals surface area contributed by atoms with Crippen molar-refractivity contribution in [2.75, 3.05) is 0 Å². The monoisotopic (exact) mass is 599 g/mol. The third-order valence-electron chi connectivity index (χ3n) is 9.43. The first-order valence-electron chi connectivity index (χ1n) is 15.9. The Kier molecular flexibility index (Phi) is 9.80. The van der Waals surface area contributed by atoms with Crippen molar-refractivity contribution in [2.45, 2.75) is 96.9 Å². The number of carboxylic acid groups (broad SMARTS) is 1. The topological polar surface area (TPSA) is 92.2 Å². The van der Waals surface area contributed by atoms with E-state index in [-0.39, 0.29) is 17.7 Å². The van der Waals surface area contributed by atoms with Gasteiger partial charge in [-0.25, -0.2) is 14.8 Å². The normalized spacial score (nSPS) is 21.6. The molecule has 3 aromatic rings. The van der Waals surface area contributed by atoms with Crippen LogP contribution >= 0.6 is 11.3 Å². The number of aliphatic carboxylic acids is 1. The summed E-state index contributed by atoms with van der Waals surface area (Å²) in [6.45, 7) is 8.60. The number of hydrogen-bond acceptors (Lipinski definition) is 5. The molecule has 0 aliphatic heterocycles. The summed E-state index contributed by atoms with van der Waals surface area (Å²) in [5.41, 5.74) is 4.10. The molecule has 1 saturated carbocycles. The zero-order valence-corrected chi connectivity index (χ0v) is 26.8. The van der Waals surface area contributed by atoms with E-state index in [1.54, 1.807) is 6.07 Å². The summed E-state index contributed by atoms with van der Waals surface area (Å²) in [6.07, 6.45) is 17.0. The van der Waals surface area contributed by atoms with E-state index >= 15 is 0 Å². The average molecular weight is 600 g/mol. The Bertz CT molecular complexity index is 1430. The van der Waals surface area contributed by atoms with Crippen LogP contribution in [0.1, 0.15) is 105 Å². The highest BCUT2D eigenvalue weighted by molar-refractivity contribution is 7.14. The number of carbonyl (C=O) groups excluding carboxylic acids is 1. The number of amides is 1. The number of aromatic nitrogens is 2. The largest absolute Gasteiger partial charge is 0.480 e. The Morgan fingerprint density at radius 3 is 2.21 bits per heavy atom. The molecule has 7 heteroatoms. The van der Waals surface area contributed by atoms with Crippen LogP contribution < -0.4 is 5.32 Å². The lowest BCUT2D eigenvalue weighted by molar-refractivity contribution is -0.139. The lowest BCUT2D eigenvalue weighted by Gasteiger charge is -2.35. The van der Waals surface area contributed by atoms with E-state index < -0.39 is 12.0 Å². The molecule has 6 nitrogen and oxygen atoms in total. The van der Waals surface area contributed by atoms with Gasteiger partial charge in [-0.1, -0.05) is 77.3 Å². The quantitative estimate of drug-likeness (QED) is 0.258. The molecule has 5 rings (SSSR count). The highest BCUT2D eigenvalue weighted by Crippen LogP contribution is 2.41. The molecule has 0 saturated heterocycles. The van der Waals surface area contributed by atoms with Gasteiger partial charge in [-0.2, -0.15) is 0 Å². The Hall–Kier alpha value is -3.32. The van der Waals surface area contributed by atoms with E-state index in [1.165, 1.54) is 61.9 Å². The predicted molar refractivity (Wildman–Crippen MR) is 174 cm³/mol. The van der Waals surface area contributed by atoms with Crippen LogP contribution in [0.2, 0.25) is 0 Å². The maximum Gasteiger partial charge on any atom is 0.326 e. The van der Waals surface area contributed by atoms with Crippen LogP contribution in [0, 0.1) is 17.8 Å². The number of nitrogens with one attached hydrogen (secondary N) is 1. The molecule has 0 radical (unpaired) electrons. The maximum absolute atomic E-state index is 12.8. The highest BCUT2D eigenvalue weighted by atomic mass is 32.1. The van der Waals surface area contributed by atoms with E-state index in [4.69, 9.17) is 0 Å². The number of rotatable bonds is 9. The van der Waals surface area contributed by atoms with Crippen LogP contribution in [0.5, 0.6) is 0 Å². The summed E-state index contributed by atoms with van der Waals surface area (Å²) in [6, 6.07) is 10.3. The molecule has 1 amide bonds. The standard InChI is InChI=1S/C36H45N3O3S/c1-5-23-6-10-25(11-7-23)26-14-16-27(17-15-26)29-21-37-33(38-22-29)28-12-8-24(9-13-28)20-30(35(41)42)39-34(40)31-18-19-32(43-31)36(2,3)4/h8-9,12-13,16,18-19,21-23,25-26,30H,5-7,10-11,14-15,17,20H2,1-4H3,(H,39,40)(H,41,42)/t23-,25-,26?,30-/m0/s1. The van der Waals surface area contributed by atoms with Crippen molar-refractivity contribution in [3.63, 3.8) is 0 Å². The molecular formula is C36H45N3O3S. The molecule has 2 aliphatic rings. The van der Waals surface area contributed by atoms with Crippen molar-refractivity contribution in [1.82, 2.24) is 15.3 Å². The molecule has 2 atom stereocenters. The summed E-state index contributed by atoms with van der Waals surface area (Å²) >= 11 is 1.40. The zero-order chi connectivity index (χ0) is 30.6. The van der Waals surface area contributed by atoms with Gasteiger partial charge in [0.2, 0.25) is 0 Å². The molecule has 1 fully saturated rings. The highest BCUT2D eigenvalue weighted by Gasteiger charge is 2.28. The van der Waals surface area contributed by atoms with Crippen LogP contribution in [-0.2, 0) is 16.6 Å². The minimum atomic E-state index is -1.06. The van der Waals surface area contributed by atoms with E-state index in [0.717, 1.165) is 45.7 Å². The van der Waals surface area contributed by atoms with Gasteiger partial charge in [-0.3, -0.25) is 4.79 Å². The lowest BCUT2D eigenvalue weighted by atomic mass is 9.71. The number of benzene rings is 1. The van der Waals surface area contributed by atoms with Gasteiger partial charge in [0.25, 0.3) is 5.91 Å². The SMILES string of the molecule is CC[C@H]1CC[C@H](C2CC=C(c3cnc(-c4ccc(C[C@H](NC(=O)c5ccc(C(C)(C)C)s5)C(=O)O)cc4)nc3)CC2)CC1. The van der Waals surface area contributed by atoms with Gasteiger partial charge >= 0.3 is 5.97 Å². The second-order valence-corrected chi connectivity index (χ2v) is 14.5. The fourth-order valence-electron chi connectivity index (χ4n) is 6.57. The van der Waals surface area contributed by atoms with Crippen molar-refractivity contribution in [3.05, 3.63) is 75.7 Å². The second kappa shape index (κ2) is 13.5. The number of nitrogens with zero attached hydrogens (tertiary/aromatic N) is 2. The Morgan fingerprint density at radius 1 is 0.953 bits per heavy atom. The summed E-state index contributed by atoms with van der Waals surface area (Å²) in [7, 11) is 0. The summed E-state index contributed by atoms with van der Waals surface area (Å²) in [5, 5.41) is 12.5. The minimum Gasteiger partial charge on any atom is -0.480 e. The van der Waals surface area contributed by atoms with Gasteiger partial charge in [0.15, 0.2) is 5.82 Å². The van der Waals surface area contributed by atoms with Crippen molar-refractivity contribution < 1.29 is 14.7 Å². The molecule has 2 N–H and O–H groups in total. The van der Waals surface area contributed by atoms with Crippen LogP contribution in [0.3, 0.4) is 0 Å². The number of carboxylic acids is 1. The summed E-state index contributed by atoms with van der Waals surface area (Å²) in [4.78, 5) is 35.7. The zero-order valence-electron chi connectivity index (χ0n) is 25.9. The van der Waals surface area contributed by atoms with Gasteiger partial charge in [0.05, 0.1) is 4.88 Å². The molecule has 2 aromatic heterocycles. The van der Waals surface area contributed by atoms with Crippen molar-refractivity contribution in [2.24, 2.45) is 17.8 Å². The first-order valence-corrected chi connectivity index (χ1v) is 16.7. The van der Waals surface area contributed by atoms with Crippen LogP contribution in [0.25, 0.3) is 17.0 Å². The lowest BCUT2D eigenvalue weighted by Crippen LogP contribution is -2.42. The van der Waals surface area contributed by atoms with E-state index in [1.807, 2.05) is 42.7 Å². The van der Waals surface area contributed by atoms with Gasteiger partial charge in [0.1, 0.15) is 6.04 Å². The van der Waals surface area contributed by atoms with E-state index in [0.29, 0.717) is 10.7 Å².